The number of benzene rings is 1. The van der Waals surface area contributed by atoms with E-state index in [1.165, 1.54) is 24.3 Å². The van der Waals surface area contributed by atoms with E-state index >= 15 is 0 Å². The molecule has 1 aromatic carbocycles. The van der Waals surface area contributed by atoms with Gasteiger partial charge in [0.1, 0.15) is 17.4 Å². The number of hydrogen-bond donors (Lipinski definition) is 0. The lowest BCUT2D eigenvalue weighted by Gasteiger charge is -2.20. The molecule has 2 heterocycles. The summed E-state index contributed by atoms with van der Waals surface area (Å²) < 4.78 is 2.15. The molecule has 0 atom stereocenters. The van der Waals surface area contributed by atoms with Crippen LogP contribution in [0.25, 0.3) is 11.0 Å². The number of fused-ring (bicyclic) bond motifs is 1. The first-order valence-corrected chi connectivity index (χ1v) is 7.87. The van der Waals surface area contributed by atoms with Crippen molar-refractivity contribution >= 4 is 22.8 Å². The molecule has 0 saturated carbocycles. The molecule has 0 unspecified atom stereocenters. The van der Waals surface area contributed by atoms with E-state index in [0.29, 0.717) is 5.56 Å². The highest BCUT2D eigenvalue weighted by Gasteiger charge is 2.18. The SMILES string of the molecule is Cn1c(CC2CCSCC2)nc2c(C#N)cccc21. The number of para-hydroxylation sites is 1. The van der Waals surface area contributed by atoms with Gasteiger partial charge in [0.05, 0.1) is 11.1 Å². The number of imidazole rings is 1. The van der Waals surface area contributed by atoms with Crippen molar-refractivity contribution in [3.63, 3.8) is 0 Å². The smallest absolute Gasteiger partial charge is 0.109 e. The first-order valence-electron chi connectivity index (χ1n) is 6.71. The zero-order valence-corrected chi connectivity index (χ0v) is 11.9. The molecular weight excluding hydrogens is 254 g/mol. The van der Waals surface area contributed by atoms with E-state index in [-0.39, 0.29) is 0 Å². The van der Waals surface area contributed by atoms with Gasteiger partial charge in [-0.25, -0.2) is 4.98 Å². The minimum atomic E-state index is 0.679. The zero-order valence-electron chi connectivity index (χ0n) is 11.1. The van der Waals surface area contributed by atoms with E-state index in [4.69, 9.17) is 10.2 Å². The van der Waals surface area contributed by atoms with Crippen LogP contribution in [0.2, 0.25) is 0 Å². The predicted molar refractivity (Wildman–Crippen MR) is 79.2 cm³/mol. The highest BCUT2D eigenvalue weighted by Crippen LogP contribution is 2.27. The summed E-state index contributed by atoms with van der Waals surface area (Å²) in [5.74, 6) is 4.42. The van der Waals surface area contributed by atoms with Crippen LogP contribution in [0.1, 0.15) is 24.2 Å². The zero-order chi connectivity index (χ0) is 13.2. The molecule has 0 bridgehead atoms. The summed E-state index contributed by atoms with van der Waals surface area (Å²) in [4.78, 5) is 4.71. The highest BCUT2D eigenvalue weighted by atomic mass is 32.2. The third kappa shape index (κ3) is 2.35. The van der Waals surface area contributed by atoms with Gasteiger partial charge in [-0.15, -0.1) is 0 Å². The molecule has 19 heavy (non-hydrogen) atoms. The molecule has 1 aromatic heterocycles. The first kappa shape index (κ1) is 12.6. The van der Waals surface area contributed by atoms with E-state index in [1.54, 1.807) is 0 Å². The van der Waals surface area contributed by atoms with Crippen molar-refractivity contribution in [3.8, 4) is 6.07 Å². The third-order valence-electron chi connectivity index (χ3n) is 3.94. The van der Waals surface area contributed by atoms with Crippen LogP contribution in [-0.2, 0) is 13.5 Å². The van der Waals surface area contributed by atoms with Gasteiger partial charge in [-0.05, 0) is 42.4 Å². The second-order valence-corrected chi connectivity index (χ2v) is 6.36. The van der Waals surface area contributed by atoms with Crippen molar-refractivity contribution in [3.05, 3.63) is 29.6 Å². The van der Waals surface area contributed by atoms with Gasteiger partial charge in [-0.3, -0.25) is 0 Å². The van der Waals surface area contributed by atoms with Crippen LogP contribution in [-0.4, -0.2) is 21.1 Å². The van der Waals surface area contributed by atoms with Gasteiger partial charge < -0.3 is 4.57 Å². The van der Waals surface area contributed by atoms with Gasteiger partial charge in [-0.2, -0.15) is 17.0 Å². The Balaban J connectivity index is 1.95. The van der Waals surface area contributed by atoms with Crippen molar-refractivity contribution in [2.24, 2.45) is 13.0 Å². The van der Waals surface area contributed by atoms with Gasteiger partial charge in [0.2, 0.25) is 0 Å². The van der Waals surface area contributed by atoms with Crippen LogP contribution in [0.15, 0.2) is 18.2 Å². The summed E-state index contributed by atoms with van der Waals surface area (Å²) >= 11 is 2.05. The Kier molecular flexibility index (Phi) is 3.48. The van der Waals surface area contributed by atoms with E-state index in [9.17, 15) is 0 Å². The Labute approximate surface area is 117 Å². The Morgan fingerprint density at radius 3 is 2.95 bits per heavy atom. The lowest BCUT2D eigenvalue weighted by atomic mass is 9.98. The Morgan fingerprint density at radius 1 is 1.42 bits per heavy atom. The molecule has 3 rings (SSSR count). The lowest BCUT2D eigenvalue weighted by Crippen LogP contribution is -2.14. The molecule has 2 aromatic rings. The topological polar surface area (TPSA) is 41.6 Å². The second-order valence-electron chi connectivity index (χ2n) is 5.13. The van der Waals surface area contributed by atoms with E-state index in [2.05, 4.69) is 29.4 Å². The highest BCUT2D eigenvalue weighted by molar-refractivity contribution is 7.99. The molecule has 3 nitrogen and oxygen atoms in total. The second kappa shape index (κ2) is 5.26. The van der Waals surface area contributed by atoms with Crippen LogP contribution in [0.3, 0.4) is 0 Å². The van der Waals surface area contributed by atoms with Crippen molar-refractivity contribution in [2.45, 2.75) is 19.3 Å². The Morgan fingerprint density at radius 2 is 2.21 bits per heavy atom. The molecule has 4 heteroatoms. The third-order valence-corrected chi connectivity index (χ3v) is 4.99. The molecular formula is C15H17N3S. The fraction of sp³-hybridized carbons (Fsp3) is 0.467. The summed E-state index contributed by atoms with van der Waals surface area (Å²) in [6, 6.07) is 8.06. The number of thioether (sulfide) groups is 1. The fourth-order valence-electron chi connectivity index (χ4n) is 2.74. The number of aromatic nitrogens is 2. The summed E-state index contributed by atoms with van der Waals surface area (Å²) in [6.07, 6.45) is 3.62. The molecule has 1 saturated heterocycles. The molecule has 0 aliphatic carbocycles. The average molecular weight is 271 g/mol. The maximum Gasteiger partial charge on any atom is 0.109 e. The molecule has 0 amide bonds. The molecule has 0 spiro atoms. The standard InChI is InChI=1S/C15H17N3S/c1-18-13-4-2-3-12(10-16)15(13)17-14(18)9-11-5-7-19-8-6-11/h2-4,11H,5-9H2,1H3. The van der Waals surface area contributed by atoms with Crippen molar-refractivity contribution in [1.82, 2.24) is 9.55 Å². The molecule has 1 fully saturated rings. The summed E-state index contributed by atoms with van der Waals surface area (Å²) in [7, 11) is 2.06. The van der Waals surface area contributed by atoms with E-state index in [0.717, 1.165) is 29.2 Å². The normalized spacial score (nSPS) is 16.6. The van der Waals surface area contributed by atoms with Gasteiger partial charge in [0.25, 0.3) is 0 Å². The predicted octanol–water partition coefficient (Wildman–Crippen LogP) is 3.13. The molecule has 0 N–H and O–H groups in total. The Bertz CT molecular complexity index is 633. The Hall–Kier alpha value is -1.47. The van der Waals surface area contributed by atoms with Crippen LogP contribution < -0.4 is 0 Å². The average Bonchev–Trinajstić information content (AvgIpc) is 2.77. The summed E-state index contributed by atoms with van der Waals surface area (Å²) in [5.41, 5.74) is 2.60. The maximum atomic E-state index is 9.16. The largest absolute Gasteiger partial charge is 0.331 e. The van der Waals surface area contributed by atoms with Crippen molar-refractivity contribution < 1.29 is 0 Å². The minimum Gasteiger partial charge on any atom is -0.331 e. The minimum absolute atomic E-state index is 0.679. The van der Waals surface area contributed by atoms with Gasteiger partial charge in [0, 0.05) is 13.5 Å². The molecule has 98 valence electrons. The fourth-order valence-corrected chi connectivity index (χ4v) is 3.95. The summed E-state index contributed by atoms with van der Waals surface area (Å²) in [5, 5.41) is 9.16. The van der Waals surface area contributed by atoms with Crippen LogP contribution in [0.5, 0.6) is 0 Å². The first-order chi connectivity index (χ1) is 9.29. The number of nitrogens with zero attached hydrogens (tertiary/aromatic N) is 3. The number of aryl methyl sites for hydroxylation is 1. The number of nitriles is 1. The van der Waals surface area contributed by atoms with Gasteiger partial charge >= 0.3 is 0 Å². The van der Waals surface area contributed by atoms with E-state index in [1.807, 2.05) is 18.2 Å². The number of hydrogen-bond acceptors (Lipinski definition) is 3. The molecule has 0 radical (unpaired) electrons. The van der Waals surface area contributed by atoms with Crippen molar-refractivity contribution in [1.29, 1.82) is 5.26 Å². The maximum absolute atomic E-state index is 9.16. The van der Waals surface area contributed by atoms with Crippen LogP contribution in [0.4, 0.5) is 0 Å². The monoisotopic (exact) mass is 271 g/mol. The van der Waals surface area contributed by atoms with Crippen molar-refractivity contribution in [2.75, 3.05) is 11.5 Å². The lowest BCUT2D eigenvalue weighted by molar-refractivity contribution is 0.471. The number of rotatable bonds is 2. The summed E-state index contributed by atoms with van der Waals surface area (Å²) in [6.45, 7) is 0. The quantitative estimate of drug-likeness (QED) is 0.842. The molecule has 1 aliphatic rings. The van der Waals surface area contributed by atoms with Gasteiger partial charge in [-0.1, -0.05) is 6.07 Å². The van der Waals surface area contributed by atoms with Gasteiger partial charge in [0.15, 0.2) is 0 Å². The molecule has 1 aliphatic heterocycles. The van der Waals surface area contributed by atoms with E-state index < -0.39 is 0 Å². The van der Waals surface area contributed by atoms with Crippen LogP contribution in [0, 0.1) is 17.2 Å². The van der Waals surface area contributed by atoms with Crippen LogP contribution >= 0.6 is 11.8 Å².